The second-order valence-corrected chi connectivity index (χ2v) is 17.7. The lowest BCUT2D eigenvalue weighted by molar-refractivity contribution is 0.0874. The van der Waals surface area contributed by atoms with Gasteiger partial charge in [-0.05, 0) is 116 Å². The Bertz CT molecular complexity index is 3040. The monoisotopic (exact) mass is 771 g/mol. The van der Waals surface area contributed by atoms with Crippen molar-refractivity contribution >= 4 is 32.3 Å². The first-order valence-electron chi connectivity index (χ1n) is 21.4. The molecular formula is C57H45N3. The Labute approximate surface area is 352 Å². The van der Waals surface area contributed by atoms with Crippen LogP contribution >= 0.6 is 0 Å². The van der Waals surface area contributed by atoms with Crippen molar-refractivity contribution in [2.24, 2.45) is 5.92 Å². The molecule has 288 valence electrons. The molecule has 1 aromatic heterocycles. The smallest absolute Gasteiger partial charge is 0.160 e. The van der Waals surface area contributed by atoms with E-state index >= 15 is 0 Å². The number of nitriles is 1. The fourth-order valence-electron chi connectivity index (χ4n) is 11.1. The van der Waals surface area contributed by atoms with Crippen molar-refractivity contribution in [1.82, 2.24) is 9.97 Å². The summed E-state index contributed by atoms with van der Waals surface area (Å²) in [5, 5.41) is 16.7. The van der Waals surface area contributed by atoms with E-state index < -0.39 is 0 Å². The maximum absolute atomic E-state index is 9.75. The molecule has 1 heterocycles. The summed E-state index contributed by atoms with van der Waals surface area (Å²) >= 11 is 0. The molecule has 2 aliphatic carbocycles. The highest BCUT2D eigenvalue weighted by Crippen LogP contribution is 2.57. The second-order valence-electron chi connectivity index (χ2n) is 17.7. The van der Waals surface area contributed by atoms with Gasteiger partial charge in [-0.2, -0.15) is 5.26 Å². The van der Waals surface area contributed by atoms with Gasteiger partial charge in [0.05, 0.1) is 23.0 Å². The molecule has 0 N–H and O–H groups in total. The fraction of sp³-hybridized carbons (Fsp3) is 0.175. The van der Waals surface area contributed by atoms with Gasteiger partial charge in [-0.15, -0.1) is 0 Å². The maximum Gasteiger partial charge on any atom is 0.160 e. The summed E-state index contributed by atoms with van der Waals surface area (Å²) in [7, 11) is 0. The molecule has 2 bridgehead atoms. The van der Waals surface area contributed by atoms with Gasteiger partial charge in [0.25, 0.3) is 0 Å². The van der Waals surface area contributed by atoms with Crippen molar-refractivity contribution in [1.29, 1.82) is 5.26 Å². The van der Waals surface area contributed by atoms with Crippen LogP contribution in [0.3, 0.4) is 0 Å². The molecule has 3 heteroatoms. The average Bonchev–Trinajstić information content (AvgIpc) is 3.30. The molecule has 3 unspecified atom stereocenters. The average molecular weight is 772 g/mol. The van der Waals surface area contributed by atoms with Crippen LogP contribution in [0.15, 0.2) is 176 Å². The lowest BCUT2D eigenvalue weighted by atomic mass is 9.51. The zero-order valence-electron chi connectivity index (χ0n) is 33.9. The van der Waals surface area contributed by atoms with Gasteiger partial charge in [0.15, 0.2) is 5.82 Å². The van der Waals surface area contributed by atoms with Gasteiger partial charge in [0, 0.05) is 22.1 Å². The normalized spacial score (nSPS) is 20.0. The van der Waals surface area contributed by atoms with Gasteiger partial charge in [-0.1, -0.05) is 171 Å². The highest BCUT2D eigenvalue weighted by atomic mass is 14.9. The van der Waals surface area contributed by atoms with Gasteiger partial charge in [0.1, 0.15) is 0 Å². The third-order valence-electron chi connectivity index (χ3n) is 13.9. The molecule has 2 saturated carbocycles. The highest BCUT2D eigenvalue weighted by molar-refractivity contribution is 5.99. The van der Waals surface area contributed by atoms with Crippen molar-refractivity contribution in [3.63, 3.8) is 0 Å². The van der Waals surface area contributed by atoms with Crippen LogP contribution in [0.5, 0.6) is 0 Å². The molecule has 0 radical (unpaired) electrons. The molecule has 11 rings (SSSR count). The first kappa shape index (κ1) is 36.2. The molecular weight excluding hydrogens is 727 g/mol. The summed E-state index contributed by atoms with van der Waals surface area (Å²) < 4.78 is 0. The molecule has 3 atom stereocenters. The van der Waals surface area contributed by atoms with Crippen LogP contribution in [0.2, 0.25) is 0 Å². The van der Waals surface area contributed by atoms with Crippen molar-refractivity contribution in [3.8, 4) is 51.1 Å². The Balaban J connectivity index is 0.933. The summed E-state index contributed by atoms with van der Waals surface area (Å²) in [6, 6.07) is 65.8. The molecule has 2 aliphatic rings. The van der Waals surface area contributed by atoms with Gasteiger partial charge in [-0.25, -0.2) is 9.97 Å². The summed E-state index contributed by atoms with van der Waals surface area (Å²) in [5.41, 5.74) is 11.2. The number of aromatic nitrogens is 2. The van der Waals surface area contributed by atoms with Gasteiger partial charge >= 0.3 is 0 Å². The van der Waals surface area contributed by atoms with Crippen LogP contribution < -0.4 is 0 Å². The summed E-state index contributed by atoms with van der Waals surface area (Å²) in [6.45, 7) is 2.51. The summed E-state index contributed by atoms with van der Waals surface area (Å²) in [4.78, 5) is 10.5. The number of fused-ring (bicyclic) bond motifs is 5. The first-order chi connectivity index (χ1) is 29.4. The predicted octanol–water partition coefficient (Wildman–Crippen LogP) is 14.7. The lowest BCUT2D eigenvalue weighted by Crippen LogP contribution is -2.46. The van der Waals surface area contributed by atoms with E-state index in [1.807, 2.05) is 12.1 Å². The molecule has 0 saturated heterocycles. The van der Waals surface area contributed by atoms with E-state index in [0.29, 0.717) is 5.92 Å². The topological polar surface area (TPSA) is 49.6 Å². The zero-order chi connectivity index (χ0) is 40.3. The second kappa shape index (κ2) is 14.4. The van der Waals surface area contributed by atoms with Crippen molar-refractivity contribution in [2.75, 3.05) is 0 Å². The summed E-state index contributed by atoms with van der Waals surface area (Å²) in [5.74, 6) is 1.44. The predicted molar refractivity (Wildman–Crippen MR) is 248 cm³/mol. The van der Waals surface area contributed by atoms with E-state index in [-0.39, 0.29) is 10.8 Å². The van der Waals surface area contributed by atoms with Crippen LogP contribution in [-0.2, 0) is 10.8 Å². The third kappa shape index (κ3) is 6.35. The standard InChI is InChI=1S/C57H45N3/c1-56(34-38-9-8-30-57(35-38,37-56)49-27-20-41(21-28-49)51-29-24-47(36-58)50-14-6-7-15-52(50)51)48-25-22-42(23-26-48)55-59-53(45-18-16-39-10-2-4-12-43(39)31-45)33-54(60-55)46-19-17-40-11-3-5-13-44(40)32-46/h2-7,10-29,31-33,38H,8-9,30,34-35,37H2,1H3. The van der Waals surface area contributed by atoms with Gasteiger partial charge < -0.3 is 0 Å². The van der Waals surface area contributed by atoms with Crippen LogP contribution in [0, 0.1) is 17.2 Å². The van der Waals surface area contributed by atoms with E-state index in [9.17, 15) is 5.26 Å². The minimum Gasteiger partial charge on any atom is -0.228 e. The number of nitrogens with zero attached hydrogens (tertiary/aromatic N) is 3. The minimum absolute atomic E-state index is 0.0495. The van der Waals surface area contributed by atoms with Gasteiger partial charge in [0.2, 0.25) is 0 Å². The Morgan fingerprint density at radius 1 is 0.533 bits per heavy atom. The van der Waals surface area contributed by atoms with E-state index in [4.69, 9.17) is 9.97 Å². The van der Waals surface area contributed by atoms with E-state index in [1.54, 1.807) is 0 Å². The maximum atomic E-state index is 9.75. The number of rotatable bonds is 6. The van der Waals surface area contributed by atoms with Gasteiger partial charge in [-0.3, -0.25) is 0 Å². The Kier molecular flexibility index (Phi) is 8.71. The molecule has 3 nitrogen and oxygen atoms in total. The Morgan fingerprint density at radius 3 is 1.75 bits per heavy atom. The molecule has 0 spiro atoms. The van der Waals surface area contributed by atoms with Crippen LogP contribution in [0.4, 0.5) is 0 Å². The van der Waals surface area contributed by atoms with E-state index in [1.165, 1.54) is 75.9 Å². The Morgan fingerprint density at radius 2 is 1.10 bits per heavy atom. The van der Waals surface area contributed by atoms with Crippen molar-refractivity contribution < 1.29 is 0 Å². The SMILES string of the molecule is CC1(c2ccc(-c3nc(-c4ccc5ccccc5c4)cc(-c4ccc5ccccc5c4)n3)cc2)CC2CCCC(c3ccc(-c4ccc(C#N)c5ccccc45)cc3)(C2)C1. The molecule has 60 heavy (non-hydrogen) atoms. The molecule has 0 amide bonds. The quantitative estimate of drug-likeness (QED) is 0.169. The number of hydrogen-bond donors (Lipinski definition) is 0. The third-order valence-corrected chi connectivity index (χ3v) is 13.9. The molecule has 9 aromatic rings. The minimum atomic E-state index is 0.0495. The largest absolute Gasteiger partial charge is 0.228 e. The fourth-order valence-corrected chi connectivity index (χ4v) is 11.1. The molecule has 2 fully saturated rings. The molecule has 8 aromatic carbocycles. The van der Waals surface area contributed by atoms with Crippen LogP contribution in [-0.4, -0.2) is 9.97 Å². The lowest BCUT2D eigenvalue weighted by Gasteiger charge is -2.53. The van der Waals surface area contributed by atoms with Crippen LogP contribution in [0.25, 0.3) is 77.3 Å². The summed E-state index contributed by atoms with van der Waals surface area (Å²) in [6.07, 6.45) is 7.42. The Hall–Kier alpha value is -6.89. The molecule has 0 aliphatic heterocycles. The number of benzene rings is 8. The number of hydrogen-bond acceptors (Lipinski definition) is 3. The van der Waals surface area contributed by atoms with E-state index in [0.717, 1.165) is 56.7 Å². The van der Waals surface area contributed by atoms with Crippen LogP contribution in [0.1, 0.15) is 62.1 Å². The van der Waals surface area contributed by atoms with Crippen molar-refractivity contribution in [2.45, 2.75) is 56.3 Å². The first-order valence-corrected chi connectivity index (χ1v) is 21.4. The highest BCUT2D eigenvalue weighted by Gasteiger charge is 2.49. The van der Waals surface area contributed by atoms with Crippen molar-refractivity contribution in [3.05, 3.63) is 193 Å². The zero-order valence-corrected chi connectivity index (χ0v) is 33.9. The van der Waals surface area contributed by atoms with E-state index in [2.05, 4.69) is 177 Å².